The summed E-state index contributed by atoms with van der Waals surface area (Å²) < 4.78 is 17.1. The van der Waals surface area contributed by atoms with Gasteiger partial charge in [0.05, 0.1) is 22.7 Å². The number of thiazole rings is 1. The van der Waals surface area contributed by atoms with Crippen molar-refractivity contribution in [3.8, 4) is 5.75 Å². The van der Waals surface area contributed by atoms with Gasteiger partial charge in [-0.1, -0.05) is 78.1 Å². The maximum Gasteiger partial charge on any atom is 0.350 e. The van der Waals surface area contributed by atoms with Gasteiger partial charge >= 0.3 is 5.97 Å². The number of nitrogens with zero attached hydrogens (tertiary/aromatic N) is 2. The third kappa shape index (κ3) is 4.97. The molecule has 0 radical (unpaired) electrons. The summed E-state index contributed by atoms with van der Waals surface area (Å²) in [5, 5.41) is 0.851. The van der Waals surface area contributed by atoms with E-state index in [1.807, 2.05) is 30.3 Å². The molecule has 210 valence electrons. The van der Waals surface area contributed by atoms with Gasteiger partial charge in [0.1, 0.15) is 29.4 Å². The van der Waals surface area contributed by atoms with Gasteiger partial charge in [0.25, 0.3) is 5.91 Å². The number of ether oxygens (including phenoxy) is 2. The maximum absolute atomic E-state index is 13.9. The van der Waals surface area contributed by atoms with Crippen LogP contribution in [-0.2, 0) is 11.3 Å². The first-order valence-corrected chi connectivity index (χ1v) is 14.2. The lowest BCUT2D eigenvalue weighted by atomic mass is 9.98. The van der Waals surface area contributed by atoms with Gasteiger partial charge in [-0.3, -0.25) is 14.5 Å². The van der Waals surface area contributed by atoms with Crippen LogP contribution in [0.15, 0.2) is 94.7 Å². The second-order valence-electron chi connectivity index (χ2n) is 9.53. The van der Waals surface area contributed by atoms with Crippen LogP contribution >= 0.6 is 22.9 Å². The summed E-state index contributed by atoms with van der Waals surface area (Å²) in [5.41, 5.74) is 2.08. The number of hydrogen-bond acceptors (Lipinski definition) is 8. The van der Waals surface area contributed by atoms with Crippen molar-refractivity contribution in [2.45, 2.75) is 19.6 Å². The smallest absolute Gasteiger partial charge is 0.350 e. The van der Waals surface area contributed by atoms with Crippen molar-refractivity contribution < 1.29 is 23.5 Å². The van der Waals surface area contributed by atoms with Crippen LogP contribution in [-0.4, -0.2) is 23.5 Å². The second kappa shape index (κ2) is 11.3. The summed E-state index contributed by atoms with van der Waals surface area (Å²) in [5.74, 6) is -0.597. The molecule has 1 aliphatic heterocycles. The Kier molecular flexibility index (Phi) is 7.36. The first-order chi connectivity index (χ1) is 20.4. The molecule has 0 saturated carbocycles. The van der Waals surface area contributed by atoms with E-state index in [-0.39, 0.29) is 44.3 Å². The Bertz CT molecular complexity index is 1900. The normalized spacial score (nSPS) is 14.2. The highest BCUT2D eigenvalue weighted by atomic mass is 35.5. The number of fused-ring (bicyclic) bond motifs is 2. The molecular formula is C32H23ClN2O6S. The third-order valence-corrected chi connectivity index (χ3v) is 8.16. The van der Waals surface area contributed by atoms with Gasteiger partial charge < -0.3 is 13.9 Å². The molecule has 0 N–H and O–H groups in total. The van der Waals surface area contributed by atoms with Gasteiger partial charge in [0, 0.05) is 5.02 Å². The first-order valence-electron chi connectivity index (χ1n) is 13.0. The monoisotopic (exact) mass is 598 g/mol. The van der Waals surface area contributed by atoms with Crippen molar-refractivity contribution in [2.24, 2.45) is 0 Å². The summed E-state index contributed by atoms with van der Waals surface area (Å²) >= 11 is 7.20. The molecule has 10 heteroatoms. The number of benzene rings is 3. The van der Waals surface area contributed by atoms with Crippen LogP contribution in [0.25, 0.3) is 11.0 Å². The molecule has 1 aliphatic rings. The molecule has 0 aliphatic carbocycles. The van der Waals surface area contributed by atoms with Crippen molar-refractivity contribution in [1.29, 1.82) is 0 Å². The average molecular weight is 599 g/mol. The van der Waals surface area contributed by atoms with Crippen LogP contribution < -0.4 is 15.1 Å². The van der Waals surface area contributed by atoms with Crippen LogP contribution in [0.2, 0.25) is 5.02 Å². The van der Waals surface area contributed by atoms with E-state index in [0.29, 0.717) is 28.6 Å². The number of carbonyl (C=O) groups is 2. The van der Waals surface area contributed by atoms with Crippen molar-refractivity contribution in [3.63, 3.8) is 0 Å². The van der Waals surface area contributed by atoms with Crippen LogP contribution in [0, 0.1) is 6.92 Å². The lowest BCUT2D eigenvalue weighted by Gasteiger charge is -2.22. The van der Waals surface area contributed by atoms with Crippen LogP contribution in [0.1, 0.15) is 48.7 Å². The van der Waals surface area contributed by atoms with E-state index in [4.69, 9.17) is 25.5 Å². The molecule has 0 bridgehead atoms. The Morgan fingerprint density at radius 2 is 1.88 bits per heavy atom. The van der Waals surface area contributed by atoms with Crippen LogP contribution in [0.3, 0.4) is 0 Å². The molecule has 1 unspecified atom stereocenters. The van der Waals surface area contributed by atoms with E-state index in [1.54, 1.807) is 43.3 Å². The van der Waals surface area contributed by atoms with E-state index >= 15 is 0 Å². The van der Waals surface area contributed by atoms with Crippen molar-refractivity contribution >= 4 is 50.9 Å². The maximum atomic E-state index is 13.9. The number of rotatable bonds is 8. The molecule has 0 spiro atoms. The Hall–Kier alpha value is -4.73. The predicted octanol–water partition coefficient (Wildman–Crippen LogP) is 6.88. The molecule has 0 fully saturated rings. The number of amides is 1. The molecular weight excluding hydrogens is 576 g/mol. The fourth-order valence-corrected chi connectivity index (χ4v) is 5.98. The lowest BCUT2D eigenvalue weighted by molar-refractivity contribution is 0.0554. The summed E-state index contributed by atoms with van der Waals surface area (Å²) in [6, 6.07) is 20.7. The summed E-state index contributed by atoms with van der Waals surface area (Å²) in [6.07, 6.45) is 1.47. The van der Waals surface area contributed by atoms with Crippen molar-refractivity contribution in [3.05, 3.63) is 134 Å². The molecule has 8 nitrogen and oxygen atoms in total. The van der Waals surface area contributed by atoms with Gasteiger partial charge in [0.15, 0.2) is 10.6 Å². The highest BCUT2D eigenvalue weighted by Gasteiger charge is 2.45. The zero-order chi connectivity index (χ0) is 29.4. The van der Waals surface area contributed by atoms with E-state index in [1.165, 1.54) is 17.0 Å². The van der Waals surface area contributed by atoms with Crippen LogP contribution in [0.5, 0.6) is 5.75 Å². The first kappa shape index (κ1) is 27.4. The quantitative estimate of drug-likeness (QED) is 0.142. The van der Waals surface area contributed by atoms with E-state index in [9.17, 15) is 14.4 Å². The number of halogens is 1. The standard InChI is InChI=1S/C32H23ClN2O6S/c1-3-15-39-31(38)29-18(2)34-32(42-29)35-26(20-9-12-22(13-10-20)40-17-19-7-5-4-6-8-19)25-27(36)23-16-21(33)11-14-24(23)41-28(25)30(35)37/h3-14,16,26H,1,15,17H2,2H3. The molecule has 1 atom stereocenters. The molecule has 1 amide bonds. The third-order valence-electron chi connectivity index (χ3n) is 6.79. The highest BCUT2D eigenvalue weighted by molar-refractivity contribution is 7.17. The number of hydrogen-bond donors (Lipinski definition) is 0. The zero-order valence-electron chi connectivity index (χ0n) is 22.3. The Morgan fingerprint density at radius 1 is 1.12 bits per heavy atom. The fraction of sp³-hybridized carbons (Fsp3) is 0.125. The molecule has 42 heavy (non-hydrogen) atoms. The second-order valence-corrected chi connectivity index (χ2v) is 10.9. The topological polar surface area (TPSA) is 98.9 Å². The van der Waals surface area contributed by atoms with Gasteiger partial charge in [-0.05, 0) is 48.4 Å². The molecule has 2 aromatic heterocycles. The highest BCUT2D eigenvalue weighted by Crippen LogP contribution is 2.43. The lowest BCUT2D eigenvalue weighted by Crippen LogP contribution is -2.29. The fourth-order valence-electron chi connectivity index (χ4n) is 4.82. The number of anilines is 1. The summed E-state index contributed by atoms with van der Waals surface area (Å²) in [7, 11) is 0. The minimum atomic E-state index is -0.877. The Morgan fingerprint density at radius 3 is 2.62 bits per heavy atom. The molecule has 0 saturated heterocycles. The van der Waals surface area contributed by atoms with Crippen molar-refractivity contribution in [2.75, 3.05) is 11.5 Å². The number of aryl methyl sites for hydroxylation is 1. The van der Waals surface area contributed by atoms with Crippen LogP contribution in [0.4, 0.5) is 5.13 Å². The minimum Gasteiger partial charge on any atom is -0.489 e. The van der Waals surface area contributed by atoms with E-state index < -0.39 is 17.9 Å². The molecule has 6 rings (SSSR count). The zero-order valence-corrected chi connectivity index (χ0v) is 23.9. The SMILES string of the molecule is C=CCOC(=O)c1sc(N2C(=O)c3oc4ccc(Cl)cc4c(=O)c3C2c2ccc(OCc3ccccc3)cc2)nc1C. The summed E-state index contributed by atoms with van der Waals surface area (Å²) in [4.78, 5) is 46.6. The van der Waals surface area contributed by atoms with Gasteiger partial charge in [-0.25, -0.2) is 9.78 Å². The van der Waals surface area contributed by atoms with E-state index in [2.05, 4.69) is 11.6 Å². The Labute approximate surface area is 249 Å². The molecule has 3 aromatic carbocycles. The van der Waals surface area contributed by atoms with Gasteiger partial charge in [-0.15, -0.1) is 0 Å². The number of carbonyl (C=O) groups excluding carboxylic acids is 2. The average Bonchev–Trinajstić information content (AvgIpc) is 3.53. The Balaban J connectivity index is 1.44. The van der Waals surface area contributed by atoms with Gasteiger partial charge in [-0.2, -0.15) is 0 Å². The summed E-state index contributed by atoms with van der Waals surface area (Å²) in [6.45, 7) is 5.64. The molecule has 5 aromatic rings. The molecule has 3 heterocycles. The number of aromatic nitrogens is 1. The predicted molar refractivity (Wildman–Crippen MR) is 161 cm³/mol. The van der Waals surface area contributed by atoms with Crippen molar-refractivity contribution in [1.82, 2.24) is 4.98 Å². The minimum absolute atomic E-state index is 0.0362. The van der Waals surface area contributed by atoms with Gasteiger partial charge in [0.2, 0.25) is 5.76 Å². The number of esters is 1. The van der Waals surface area contributed by atoms with E-state index in [0.717, 1.165) is 16.9 Å². The largest absolute Gasteiger partial charge is 0.489 e.